The highest BCUT2D eigenvalue weighted by Gasteiger charge is 2.17. The molecule has 0 spiro atoms. The van der Waals surface area contributed by atoms with Crippen LogP contribution < -0.4 is 0 Å². The molecule has 2 N–H and O–H groups in total. The molecule has 0 saturated carbocycles. The Balaban J connectivity index is 3.10. The van der Waals surface area contributed by atoms with Crippen LogP contribution in [0.15, 0.2) is 24.3 Å². The van der Waals surface area contributed by atoms with Crippen molar-refractivity contribution < 1.29 is 10.2 Å². The van der Waals surface area contributed by atoms with Gasteiger partial charge in [-0.05, 0) is 0 Å². The number of benzene rings is 2. The predicted molar refractivity (Wildman–Crippen MR) is 56.7 cm³/mol. The standard InChI is InChI=1S/C12H6N2O2/c13-5-9-7-3-1-2-4-8(7)11(15)12(16)10(9)6-14/h1-4,15-16H. The van der Waals surface area contributed by atoms with Crippen molar-refractivity contribution in [1.29, 1.82) is 10.5 Å². The van der Waals surface area contributed by atoms with Gasteiger partial charge in [-0.15, -0.1) is 0 Å². The number of hydrogen-bond acceptors (Lipinski definition) is 4. The zero-order valence-corrected chi connectivity index (χ0v) is 8.10. The van der Waals surface area contributed by atoms with Crippen molar-refractivity contribution in [3.63, 3.8) is 0 Å². The first kappa shape index (κ1) is 9.82. The SMILES string of the molecule is N#Cc1c(O)c(O)c2ccccc2c1C#N. The number of nitriles is 2. The second kappa shape index (κ2) is 3.45. The molecule has 0 atom stereocenters. The van der Waals surface area contributed by atoms with Crippen LogP contribution in [0.1, 0.15) is 11.1 Å². The summed E-state index contributed by atoms with van der Waals surface area (Å²) in [5.74, 6) is -0.913. The summed E-state index contributed by atoms with van der Waals surface area (Å²) < 4.78 is 0. The molecular formula is C12H6N2O2. The molecule has 4 nitrogen and oxygen atoms in total. The average Bonchev–Trinajstić information content (AvgIpc) is 2.33. The van der Waals surface area contributed by atoms with E-state index in [1.54, 1.807) is 30.3 Å². The predicted octanol–water partition coefficient (Wildman–Crippen LogP) is 1.99. The molecule has 0 heterocycles. The van der Waals surface area contributed by atoms with Crippen molar-refractivity contribution in [2.45, 2.75) is 0 Å². The maximum Gasteiger partial charge on any atom is 0.177 e. The molecule has 0 aliphatic carbocycles. The van der Waals surface area contributed by atoms with Crippen molar-refractivity contribution in [2.24, 2.45) is 0 Å². The van der Waals surface area contributed by atoms with E-state index in [-0.39, 0.29) is 16.9 Å². The normalized spacial score (nSPS) is 9.62. The Morgan fingerprint density at radius 2 is 1.38 bits per heavy atom. The maximum absolute atomic E-state index is 9.68. The zero-order valence-electron chi connectivity index (χ0n) is 8.10. The Bertz CT molecular complexity index is 663. The van der Waals surface area contributed by atoms with Crippen molar-refractivity contribution in [2.75, 3.05) is 0 Å². The third kappa shape index (κ3) is 1.14. The van der Waals surface area contributed by atoms with Gasteiger partial charge in [0, 0.05) is 10.8 Å². The molecule has 4 heteroatoms. The molecule has 76 valence electrons. The summed E-state index contributed by atoms with van der Waals surface area (Å²) in [5, 5.41) is 37.9. The number of hydrogen-bond donors (Lipinski definition) is 2. The minimum absolute atomic E-state index is 0.0772. The Morgan fingerprint density at radius 3 is 1.94 bits per heavy atom. The van der Waals surface area contributed by atoms with Crippen LogP contribution in [-0.4, -0.2) is 10.2 Å². The van der Waals surface area contributed by atoms with Crippen LogP contribution in [0.4, 0.5) is 0 Å². The molecule has 0 amide bonds. The van der Waals surface area contributed by atoms with Crippen molar-refractivity contribution >= 4 is 10.8 Å². The first-order chi connectivity index (χ1) is 7.70. The van der Waals surface area contributed by atoms with E-state index in [1.165, 1.54) is 0 Å². The minimum atomic E-state index is -0.544. The smallest absolute Gasteiger partial charge is 0.177 e. The molecular weight excluding hydrogens is 204 g/mol. The molecule has 0 bridgehead atoms. The largest absolute Gasteiger partial charge is 0.504 e. The number of aromatic hydroxyl groups is 2. The van der Waals surface area contributed by atoms with Gasteiger partial charge in [0.1, 0.15) is 17.7 Å². The fourth-order valence-electron chi connectivity index (χ4n) is 1.63. The monoisotopic (exact) mass is 210 g/mol. The van der Waals surface area contributed by atoms with E-state index in [1.807, 2.05) is 6.07 Å². The Hall–Kier alpha value is -2.72. The third-order valence-corrected chi connectivity index (χ3v) is 2.39. The van der Waals surface area contributed by atoms with Gasteiger partial charge in [-0.2, -0.15) is 10.5 Å². The second-order valence-corrected chi connectivity index (χ2v) is 3.22. The topological polar surface area (TPSA) is 88.0 Å². The highest BCUT2D eigenvalue weighted by molar-refractivity contribution is 5.97. The first-order valence-corrected chi connectivity index (χ1v) is 4.47. The summed E-state index contributed by atoms with van der Waals surface area (Å²) >= 11 is 0. The van der Waals surface area contributed by atoms with Gasteiger partial charge in [0.05, 0.1) is 5.56 Å². The number of rotatable bonds is 0. The number of fused-ring (bicyclic) bond motifs is 1. The molecule has 2 aromatic rings. The van der Waals surface area contributed by atoms with E-state index in [0.717, 1.165) is 0 Å². The van der Waals surface area contributed by atoms with Gasteiger partial charge in [-0.3, -0.25) is 0 Å². The first-order valence-electron chi connectivity index (χ1n) is 4.47. The third-order valence-electron chi connectivity index (χ3n) is 2.39. The van der Waals surface area contributed by atoms with Crippen LogP contribution in [-0.2, 0) is 0 Å². The number of phenols is 2. The zero-order chi connectivity index (χ0) is 11.7. The molecule has 0 saturated heterocycles. The lowest BCUT2D eigenvalue weighted by atomic mass is 9.98. The van der Waals surface area contributed by atoms with Gasteiger partial charge >= 0.3 is 0 Å². The summed E-state index contributed by atoms with van der Waals surface area (Å²) in [4.78, 5) is 0. The van der Waals surface area contributed by atoms with Crippen molar-refractivity contribution in [3.8, 4) is 23.6 Å². The van der Waals surface area contributed by atoms with Crippen LogP contribution in [0.25, 0.3) is 10.8 Å². The second-order valence-electron chi connectivity index (χ2n) is 3.22. The van der Waals surface area contributed by atoms with Crippen LogP contribution in [0, 0.1) is 22.7 Å². The summed E-state index contributed by atoms with van der Waals surface area (Å²) in [6.45, 7) is 0. The Labute approximate surface area is 91.2 Å². The van der Waals surface area contributed by atoms with Crippen LogP contribution in [0.5, 0.6) is 11.5 Å². The molecule has 0 aromatic heterocycles. The number of nitrogens with zero attached hydrogens (tertiary/aromatic N) is 2. The molecule has 16 heavy (non-hydrogen) atoms. The van der Waals surface area contributed by atoms with Gasteiger partial charge < -0.3 is 10.2 Å². The highest BCUT2D eigenvalue weighted by atomic mass is 16.3. The van der Waals surface area contributed by atoms with Crippen LogP contribution in [0.2, 0.25) is 0 Å². The fourth-order valence-corrected chi connectivity index (χ4v) is 1.63. The average molecular weight is 210 g/mol. The lowest BCUT2D eigenvalue weighted by Gasteiger charge is -2.07. The lowest BCUT2D eigenvalue weighted by Crippen LogP contribution is -1.89. The van der Waals surface area contributed by atoms with Gasteiger partial charge in [-0.25, -0.2) is 0 Å². The van der Waals surface area contributed by atoms with Crippen molar-refractivity contribution in [3.05, 3.63) is 35.4 Å². The van der Waals surface area contributed by atoms with Gasteiger partial charge in [0.25, 0.3) is 0 Å². The van der Waals surface area contributed by atoms with Gasteiger partial charge in [0.2, 0.25) is 0 Å². The van der Waals surface area contributed by atoms with E-state index in [4.69, 9.17) is 10.5 Å². The summed E-state index contributed by atoms with van der Waals surface area (Å²) in [6, 6.07) is 10.1. The van der Waals surface area contributed by atoms with E-state index < -0.39 is 5.75 Å². The molecule has 0 radical (unpaired) electrons. The van der Waals surface area contributed by atoms with E-state index in [2.05, 4.69) is 0 Å². The maximum atomic E-state index is 9.68. The summed E-state index contributed by atoms with van der Waals surface area (Å²) in [5.41, 5.74) is -0.118. The Morgan fingerprint density at radius 1 is 0.812 bits per heavy atom. The molecule has 0 aliphatic heterocycles. The Kier molecular flexibility index (Phi) is 2.12. The van der Waals surface area contributed by atoms with E-state index in [0.29, 0.717) is 10.8 Å². The molecule has 2 rings (SSSR count). The summed E-state index contributed by atoms with van der Waals surface area (Å²) in [7, 11) is 0. The minimum Gasteiger partial charge on any atom is -0.504 e. The highest BCUT2D eigenvalue weighted by Crippen LogP contribution is 2.39. The quantitative estimate of drug-likeness (QED) is 0.651. The van der Waals surface area contributed by atoms with E-state index in [9.17, 15) is 10.2 Å². The lowest BCUT2D eigenvalue weighted by molar-refractivity contribution is 0.407. The van der Waals surface area contributed by atoms with Crippen LogP contribution >= 0.6 is 0 Å². The molecule has 2 aromatic carbocycles. The van der Waals surface area contributed by atoms with Crippen molar-refractivity contribution in [1.82, 2.24) is 0 Å². The van der Waals surface area contributed by atoms with Crippen LogP contribution in [0.3, 0.4) is 0 Å². The molecule has 0 aliphatic rings. The van der Waals surface area contributed by atoms with Gasteiger partial charge in [-0.1, -0.05) is 24.3 Å². The molecule has 0 fully saturated rings. The summed E-state index contributed by atoms with van der Waals surface area (Å²) in [6.07, 6.45) is 0. The molecule has 0 unspecified atom stereocenters. The van der Waals surface area contributed by atoms with E-state index >= 15 is 0 Å². The number of phenolic OH excluding ortho intramolecular Hbond substituents is 2. The fraction of sp³-hybridized carbons (Fsp3) is 0. The van der Waals surface area contributed by atoms with Gasteiger partial charge in [0.15, 0.2) is 11.5 Å².